The number of rotatable bonds is 7. The summed E-state index contributed by atoms with van der Waals surface area (Å²) in [7, 11) is -0.402. The van der Waals surface area contributed by atoms with Crippen LogP contribution < -0.4 is 5.46 Å². The minimum atomic E-state index is -0.402. The average Bonchev–Trinajstić information content (AvgIpc) is 3.41. The molecule has 5 nitrogen and oxygen atoms in total. The summed E-state index contributed by atoms with van der Waals surface area (Å²) in [6.45, 7) is 8.30. The van der Waals surface area contributed by atoms with Crippen LogP contribution in [0.5, 0.6) is 0 Å². The smallest absolute Gasteiger partial charge is 0.399 e. The first-order valence-electron chi connectivity index (χ1n) is 17.4. The quantitative estimate of drug-likeness (QED) is 0.159. The van der Waals surface area contributed by atoms with Gasteiger partial charge in [-0.25, -0.2) is 15.0 Å². The van der Waals surface area contributed by atoms with Crippen LogP contribution in [-0.4, -0.2) is 33.3 Å². The van der Waals surface area contributed by atoms with E-state index in [1.165, 1.54) is 11.1 Å². The summed E-state index contributed by atoms with van der Waals surface area (Å²) in [5, 5.41) is 0. The highest BCUT2D eigenvalue weighted by atomic mass is 16.7. The van der Waals surface area contributed by atoms with Crippen molar-refractivity contribution in [1.82, 2.24) is 15.0 Å². The van der Waals surface area contributed by atoms with Crippen LogP contribution in [0.2, 0.25) is 0 Å². The zero-order valence-corrected chi connectivity index (χ0v) is 29.2. The molecule has 1 saturated heterocycles. The maximum atomic E-state index is 6.28. The van der Waals surface area contributed by atoms with Gasteiger partial charge in [-0.2, -0.15) is 0 Å². The molecule has 51 heavy (non-hydrogen) atoms. The van der Waals surface area contributed by atoms with Gasteiger partial charge in [0.1, 0.15) is 0 Å². The molecule has 1 aliphatic rings. The van der Waals surface area contributed by atoms with Gasteiger partial charge < -0.3 is 9.31 Å². The number of nitrogens with zero attached hydrogens (tertiary/aromatic N) is 3. The summed E-state index contributed by atoms with van der Waals surface area (Å²) in [5.41, 5.74) is 9.75. The molecule has 8 rings (SSSR count). The summed E-state index contributed by atoms with van der Waals surface area (Å²) in [5.74, 6) is 1.86. The second kappa shape index (κ2) is 13.2. The van der Waals surface area contributed by atoms with Crippen LogP contribution in [0.4, 0.5) is 0 Å². The molecule has 0 unspecified atom stereocenters. The summed E-state index contributed by atoms with van der Waals surface area (Å²) >= 11 is 0. The van der Waals surface area contributed by atoms with Crippen molar-refractivity contribution in [3.05, 3.63) is 158 Å². The molecule has 0 saturated carbocycles. The molecular weight excluding hydrogens is 625 g/mol. The van der Waals surface area contributed by atoms with Gasteiger partial charge >= 0.3 is 7.12 Å². The minimum Gasteiger partial charge on any atom is -0.399 e. The van der Waals surface area contributed by atoms with Crippen LogP contribution >= 0.6 is 0 Å². The van der Waals surface area contributed by atoms with Crippen LogP contribution in [-0.2, 0) is 9.31 Å². The van der Waals surface area contributed by atoms with Gasteiger partial charge in [-0.3, -0.25) is 0 Å². The largest absolute Gasteiger partial charge is 0.494 e. The van der Waals surface area contributed by atoms with E-state index in [-0.39, 0.29) is 11.2 Å². The fourth-order valence-corrected chi connectivity index (χ4v) is 6.30. The molecule has 0 amide bonds. The van der Waals surface area contributed by atoms with Crippen LogP contribution in [0.3, 0.4) is 0 Å². The zero-order chi connectivity index (χ0) is 35.0. The Balaban J connectivity index is 1.15. The van der Waals surface area contributed by atoms with E-state index in [0.29, 0.717) is 17.5 Å². The first kappa shape index (κ1) is 32.5. The Morgan fingerprint density at radius 2 is 0.686 bits per heavy atom. The summed E-state index contributed by atoms with van der Waals surface area (Å²) in [6, 6.07) is 54.3. The standard InChI is InChI=1S/C45H38BN3O2/c1-44(2)45(3,4)51-46(50-44)40-28-26-35(27-29-40)38-16-11-17-39(30-38)43-48-41(36-22-18-33(19-23-36)31-12-7-5-8-13-31)47-42(49-43)37-24-20-34(21-25-37)32-14-9-6-10-15-32/h5-30H,1-4H3. The predicted molar refractivity (Wildman–Crippen MR) is 208 cm³/mol. The Morgan fingerprint density at radius 1 is 0.353 bits per heavy atom. The van der Waals surface area contributed by atoms with E-state index in [1.54, 1.807) is 0 Å². The average molecular weight is 664 g/mol. The third-order valence-electron chi connectivity index (χ3n) is 10.0. The van der Waals surface area contributed by atoms with Crippen LogP contribution in [0.15, 0.2) is 158 Å². The van der Waals surface area contributed by atoms with Crippen molar-refractivity contribution >= 4 is 12.6 Å². The van der Waals surface area contributed by atoms with Gasteiger partial charge in [0.05, 0.1) is 11.2 Å². The molecule has 0 spiro atoms. The zero-order valence-electron chi connectivity index (χ0n) is 29.2. The molecule has 1 aliphatic heterocycles. The molecule has 6 heteroatoms. The third-order valence-corrected chi connectivity index (χ3v) is 10.0. The maximum Gasteiger partial charge on any atom is 0.494 e. The Hall–Kier alpha value is -5.69. The fraction of sp³-hybridized carbons (Fsp3) is 0.133. The number of hydrogen-bond donors (Lipinski definition) is 0. The van der Waals surface area contributed by atoms with Crippen molar-refractivity contribution in [2.75, 3.05) is 0 Å². The van der Waals surface area contributed by atoms with Crippen molar-refractivity contribution in [3.63, 3.8) is 0 Å². The van der Waals surface area contributed by atoms with E-state index >= 15 is 0 Å². The van der Waals surface area contributed by atoms with E-state index in [4.69, 9.17) is 24.3 Å². The van der Waals surface area contributed by atoms with Gasteiger partial charge in [-0.15, -0.1) is 0 Å². The van der Waals surface area contributed by atoms with E-state index in [2.05, 4.69) is 173 Å². The molecule has 0 aliphatic carbocycles. The molecule has 0 bridgehead atoms. The van der Waals surface area contributed by atoms with Crippen molar-refractivity contribution in [3.8, 4) is 67.5 Å². The Bertz CT molecular complexity index is 2170. The summed E-state index contributed by atoms with van der Waals surface area (Å²) in [6.07, 6.45) is 0. The van der Waals surface area contributed by atoms with E-state index < -0.39 is 7.12 Å². The lowest BCUT2D eigenvalue weighted by molar-refractivity contribution is 0.00578. The lowest BCUT2D eigenvalue weighted by atomic mass is 9.78. The van der Waals surface area contributed by atoms with Crippen molar-refractivity contribution in [2.45, 2.75) is 38.9 Å². The molecule has 2 heterocycles. The predicted octanol–water partition coefficient (Wildman–Crippen LogP) is 10.2. The van der Waals surface area contributed by atoms with Gasteiger partial charge in [-0.05, 0) is 72.6 Å². The number of benzene rings is 6. The lowest BCUT2D eigenvalue weighted by Gasteiger charge is -2.32. The Kier molecular flexibility index (Phi) is 8.43. The first-order valence-corrected chi connectivity index (χ1v) is 17.4. The van der Waals surface area contributed by atoms with Crippen molar-refractivity contribution in [1.29, 1.82) is 0 Å². The third kappa shape index (κ3) is 6.64. The van der Waals surface area contributed by atoms with Gasteiger partial charge in [0.15, 0.2) is 17.5 Å². The molecule has 0 radical (unpaired) electrons. The topological polar surface area (TPSA) is 57.1 Å². The van der Waals surface area contributed by atoms with Crippen LogP contribution in [0, 0.1) is 0 Å². The van der Waals surface area contributed by atoms with Gasteiger partial charge in [0.25, 0.3) is 0 Å². The Labute approximate surface area is 300 Å². The summed E-state index contributed by atoms with van der Waals surface area (Å²) < 4.78 is 12.6. The molecule has 1 fully saturated rings. The second-order valence-corrected chi connectivity index (χ2v) is 14.0. The molecule has 0 atom stereocenters. The van der Waals surface area contributed by atoms with Gasteiger partial charge in [0, 0.05) is 16.7 Å². The lowest BCUT2D eigenvalue weighted by Crippen LogP contribution is -2.41. The number of aromatic nitrogens is 3. The van der Waals surface area contributed by atoms with Crippen molar-refractivity contribution < 1.29 is 9.31 Å². The maximum absolute atomic E-state index is 6.28. The highest BCUT2D eigenvalue weighted by Crippen LogP contribution is 2.37. The fourth-order valence-electron chi connectivity index (χ4n) is 6.30. The van der Waals surface area contributed by atoms with Gasteiger partial charge in [0.2, 0.25) is 0 Å². The highest BCUT2D eigenvalue weighted by molar-refractivity contribution is 6.62. The molecular formula is C45H38BN3O2. The normalized spacial score (nSPS) is 14.8. The minimum absolute atomic E-state index is 0.388. The SMILES string of the molecule is CC1(C)OB(c2ccc(-c3cccc(-c4nc(-c5ccc(-c6ccccc6)cc5)nc(-c5ccc(-c6ccccc6)cc5)n4)c3)cc2)OC1(C)C. The molecule has 1 aromatic heterocycles. The molecule has 0 N–H and O–H groups in total. The van der Waals surface area contributed by atoms with Crippen LogP contribution in [0.1, 0.15) is 27.7 Å². The van der Waals surface area contributed by atoms with E-state index in [1.807, 2.05) is 12.1 Å². The monoisotopic (exact) mass is 663 g/mol. The molecule has 248 valence electrons. The number of hydrogen-bond acceptors (Lipinski definition) is 5. The summed E-state index contributed by atoms with van der Waals surface area (Å²) in [4.78, 5) is 15.1. The van der Waals surface area contributed by atoms with E-state index in [0.717, 1.165) is 44.4 Å². The van der Waals surface area contributed by atoms with Crippen molar-refractivity contribution in [2.24, 2.45) is 0 Å². The van der Waals surface area contributed by atoms with Crippen LogP contribution in [0.25, 0.3) is 67.5 Å². The van der Waals surface area contributed by atoms with Gasteiger partial charge in [-0.1, -0.05) is 152 Å². The highest BCUT2D eigenvalue weighted by Gasteiger charge is 2.51. The van der Waals surface area contributed by atoms with E-state index in [9.17, 15) is 0 Å². The first-order chi connectivity index (χ1) is 24.7. The molecule has 7 aromatic rings. The molecule has 6 aromatic carbocycles. The Morgan fingerprint density at radius 3 is 1.16 bits per heavy atom. The second-order valence-electron chi connectivity index (χ2n) is 14.0.